The van der Waals surface area contributed by atoms with Crippen molar-refractivity contribution in [3.05, 3.63) is 23.8 Å². The van der Waals surface area contributed by atoms with E-state index in [-0.39, 0.29) is 12.9 Å². The number of benzene rings is 1. The van der Waals surface area contributed by atoms with Gasteiger partial charge in [-0.05, 0) is 43.6 Å². The summed E-state index contributed by atoms with van der Waals surface area (Å²) in [5, 5.41) is 0. The second kappa shape index (κ2) is 6.87. The van der Waals surface area contributed by atoms with Crippen molar-refractivity contribution in [3.63, 3.8) is 0 Å². The summed E-state index contributed by atoms with van der Waals surface area (Å²) in [6.45, 7) is 4.44. The molecule has 0 saturated carbocycles. The lowest BCUT2D eigenvalue weighted by Gasteiger charge is -2.30. The highest BCUT2D eigenvalue weighted by Crippen LogP contribution is 2.32. The number of rotatable bonds is 6. The number of carbonyl (C=O) groups is 1. The Balaban J connectivity index is 1.39. The van der Waals surface area contributed by atoms with Crippen molar-refractivity contribution in [2.75, 3.05) is 46.6 Å². The van der Waals surface area contributed by atoms with Gasteiger partial charge in [0.2, 0.25) is 6.79 Å². The van der Waals surface area contributed by atoms with Crippen LogP contribution in [-0.2, 0) is 11.2 Å². The van der Waals surface area contributed by atoms with Crippen molar-refractivity contribution >= 4 is 6.09 Å². The van der Waals surface area contributed by atoms with E-state index < -0.39 is 0 Å². The van der Waals surface area contributed by atoms with E-state index in [0.717, 1.165) is 43.1 Å². The molecule has 0 aliphatic carbocycles. The van der Waals surface area contributed by atoms with Gasteiger partial charge in [0.25, 0.3) is 0 Å². The van der Waals surface area contributed by atoms with Crippen LogP contribution >= 0.6 is 0 Å². The highest BCUT2D eigenvalue weighted by molar-refractivity contribution is 5.67. The number of fused-ring (bicyclic) bond motifs is 1. The van der Waals surface area contributed by atoms with Gasteiger partial charge in [-0.1, -0.05) is 6.07 Å². The minimum atomic E-state index is -0.263. The lowest BCUT2D eigenvalue weighted by atomic mass is 10.1. The largest absolute Gasteiger partial charge is 0.454 e. The summed E-state index contributed by atoms with van der Waals surface area (Å²) in [5.41, 5.74) is 1.12. The van der Waals surface area contributed by atoms with E-state index in [1.165, 1.54) is 6.42 Å². The van der Waals surface area contributed by atoms with Crippen LogP contribution in [0.3, 0.4) is 0 Å². The minimum absolute atomic E-state index is 0.263. The second-order valence-corrected chi connectivity index (χ2v) is 5.67. The SMILES string of the molecule is CN(CCc1ccc2c(c1)OCO2)C(=O)OCCN1CCC1. The van der Waals surface area contributed by atoms with Crippen LogP contribution in [0.5, 0.6) is 11.5 Å². The molecule has 0 unspecified atom stereocenters. The predicted octanol–water partition coefficient (Wildman–Crippen LogP) is 1.73. The van der Waals surface area contributed by atoms with Crippen molar-refractivity contribution < 1.29 is 19.0 Å². The van der Waals surface area contributed by atoms with Gasteiger partial charge in [0.05, 0.1) is 0 Å². The molecule has 22 heavy (non-hydrogen) atoms. The first-order valence-electron chi connectivity index (χ1n) is 7.71. The van der Waals surface area contributed by atoms with E-state index in [9.17, 15) is 4.79 Å². The Hall–Kier alpha value is -1.95. The number of likely N-dealkylation sites (N-methyl/N-ethyl adjacent to an activating group) is 1. The number of carbonyl (C=O) groups excluding carboxylic acids is 1. The van der Waals surface area contributed by atoms with Crippen LogP contribution < -0.4 is 9.47 Å². The zero-order valence-electron chi connectivity index (χ0n) is 12.9. The van der Waals surface area contributed by atoms with Gasteiger partial charge >= 0.3 is 6.09 Å². The van der Waals surface area contributed by atoms with Gasteiger partial charge in [0.15, 0.2) is 11.5 Å². The molecule has 0 bridgehead atoms. The summed E-state index contributed by atoms with van der Waals surface area (Å²) in [7, 11) is 1.76. The molecule has 0 atom stereocenters. The number of ether oxygens (including phenoxy) is 3. The molecule has 120 valence electrons. The Kier molecular flexibility index (Phi) is 4.68. The Morgan fingerprint density at radius 1 is 1.32 bits per heavy atom. The quantitative estimate of drug-likeness (QED) is 0.801. The molecule has 1 aromatic rings. The number of amides is 1. The number of hydrogen-bond donors (Lipinski definition) is 0. The zero-order chi connectivity index (χ0) is 15.4. The smallest absolute Gasteiger partial charge is 0.409 e. The number of likely N-dealkylation sites (tertiary alicyclic amines) is 1. The number of nitrogens with zero attached hydrogens (tertiary/aromatic N) is 2. The highest BCUT2D eigenvalue weighted by atomic mass is 16.7. The first-order chi connectivity index (χ1) is 10.7. The lowest BCUT2D eigenvalue weighted by Crippen LogP contribution is -2.40. The maximum absolute atomic E-state index is 11.9. The molecule has 1 amide bonds. The fraction of sp³-hybridized carbons (Fsp3) is 0.562. The minimum Gasteiger partial charge on any atom is -0.454 e. The van der Waals surface area contributed by atoms with Gasteiger partial charge in [0.1, 0.15) is 6.61 Å². The third-order valence-corrected chi connectivity index (χ3v) is 4.07. The summed E-state index contributed by atoms with van der Waals surface area (Å²) >= 11 is 0. The third kappa shape index (κ3) is 3.62. The van der Waals surface area contributed by atoms with E-state index >= 15 is 0 Å². The van der Waals surface area contributed by atoms with Crippen molar-refractivity contribution in [2.45, 2.75) is 12.8 Å². The summed E-state index contributed by atoms with van der Waals surface area (Å²) in [5.74, 6) is 1.56. The van der Waals surface area contributed by atoms with Crippen LogP contribution in [0.15, 0.2) is 18.2 Å². The first-order valence-corrected chi connectivity index (χ1v) is 7.71. The molecule has 6 nitrogen and oxygen atoms in total. The fourth-order valence-electron chi connectivity index (χ4n) is 2.46. The molecule has 0 radical (unpaired) electrons. The molecule has 2 aliphatic heterocycles. The molecule has 1 fully saturated rings. The van der Waals surface area contributed by atoms with Crippen LogP contribution in [0.25, 0.3) is 0 Å². The summed E-state index contributed by atoms with van der Waals surface area (Å²) < 4.78 is 15.9. The van der Waals surface area contributed by atoms with E-state index in [0.29, 0.717) is 13.2 Å². The highest BCUT2D eigenvalue weighted by Gasteiger charge is 2.16. The van der Waals surface area contributed by atoms with Crippen LogP contribution in [0.4, 0.5) is 4.79 Å². The molecule has 0 aromatic heterocycles. The van der Waals surface area contributed by atoms with Gasteiger partial charge < -0.3 is 19.1 Å². The molecule has 2 aliphatic rings. The predicted molar refractivity (Wildman–Crippen MR) is 81.3 cm³/mol. The molecule has 3 rings (SSSR count). The van der Waals surface area contributed by atoms with Crippen LogP contribution in [-0.4, -0.2) is 62.5 Å². The Labute approximate surface area is 130 Å². The molecule has 0 spiro atoms. The average Bonchev–Trinajstić information content (AvgIpc) is 2.94. The van der Waals surface area contributed by atoms with Crippen molar-refractivity contribution in [2.24, 2.45) is 0 Å². The van der Waals surface area contributed by atoms with E-state index in [1.54, 1.807) is 11.9 Å². The normalized spacial score (nSPS) is 16.2. The number of hydrogen-bond acceptors (Lipinski definition) is 5. The lowest BCUT2D eigenvalue weighted by molar-refractivity contribution is 0.0842. The summed E-state index contributed by atoms with van der Waals surface area (Å²) in [6.07, 6.45) is 1.75. The monoisotopic (exact) mass is 306 g/mol. The van der Waals surface area contributed by atoms with E-state index in [2.05, 4.69) is 4.90 Å². The Morgan fingerprint density at radius 2 is 2.14 bits per heavy atom. The summed E-state index contributed by atoms with van der Waals surface area (Å²) in [4.78, 5) is 15.8. The van der Waals surface area contributed by atoms with Crippen LogP contribution in [0.1, 0.15) is 12.0 Å². The molecule has 6 heteroatoms. The molecule has 0 N–H and O–H groups in total. The van der Waals surface area contributed by atoms with E-state index in [1.807, 2.05) is 18.2 Å². The summed E-state index contributed by atoms with van der Waals surface area (Å²) in [6, 6.07) is 5.87. The molecular formula is C16H22N2O4. The van der Waals surface area contributed by atoms with Crippen molar-refractivity contribution in [1.82, 2.24) is 9.80 Å². The zero-order valence-corrected chi connectivity index (χ0v) is 12.9. The van der Waals surface area contributed by atoms with Gasteiger partial charge in [0, 0.05) is 20.1 Å². The van der Waals surface area contributed by atoms with E-state index in [4.69, 9.17) is 14.2 Å². The van der Waals surface area contributed by atoms with Gasteiger partial charge in [-0.2, -0.15) is 0 Å². The molecule has 1 saturated heterocycles. The van der Waals surface area contributed by atoms with Gasteiger partial charge in [-0.15, -0.1) is 0 Å². The second-order valence-electron chi connectivity index (χ2n) is 5.67. The molecular weight excluding hydrogens is 284 g/mol. The molecule has 1 aromatic carbocycles. The maximum Gasteiger partial charge on any atom is 0.409 e. The van der Waals surface area contributed by atoms with Crippen LogP contribution in [0, 0.1) is 0 Å². The fourth-order valence-corrected chi connectivity index (χ4v) is 2.46. The maximum atomic E-state index is 11.9. The Morgan fingerprint density at radius 3 is 2.91 bits per heavy atom. The van der Waals surface area contributed by atoms with Gasteiger partial charge in [-0.3, -0.25) is 4.90 Å². The average molecular weight is 306 g/mol. The van der Waals surface area contributed by atoms with Gasteiger partial charge in [-0.25, -0.2) is 4.79 Å². The molecule has 2 heterocycles. The Bertz CT molecular complexity index is 531. The topological polar surface area (TPSA) is 51.2 Å². The van der Waals surface area contributed by atoms with Crippen LogP contribution in [0.2, 0.25) is 0 Å². The third-order valence-electron chi connectivity index (χ3n) is 4.07. The first kappa shape index (κ1) is 15.0. The van der Waals surface area contributed by atoms with Crippen molar-refractivity contribution in [1.29, 1.82) is 0 Å². The van der Waals surface area contributed by atoms with Crippen molar-refractivity contribution in [3.8, 4) is 11.5 Å². The standard InChI is InChI=1S/C16H22N2O4/c1-17(16(19)20-10-9-18-6-2-7-18)8-5-13-3-4-14-15(11-13)22-12-21-14/h3-4,11H,2,5-10,12H2,1H3.